The Labute approximate surface area is 110 Å². The molecule has 1 aromatic carbocycles. The van der Waals surface area contributed by atoms with Crippen LogP contribution in [-0.2, 0) is 9.84 Å². The van der Waals surface area contributed by atoms with Crippen molar-refractivity contribution in [2.24, 2.45) is 0 Å². The Morgan fingerprint density at radius 1 is 1.35 bits per heavy atom. The fraction of sp³-hybridized carbons (Fsp3) is 0.333. The molecule has 0 spiro atoms. The molecule has 0 saturated carbocycles. The zero-order valence-electron chi connectivity index (χ0n) is 9.53. The number of hydrogen-bond acceptors (Lipinski definition) is 3. The third kappa shape index (κ3) is 2.46. The summed E-state index contributed by atoms with van der Waals surface area (Å²) >= 11 is 3.30. The van der Waals surface area contributed by atoms with Gasteiger partial charge in [-0.15, -0.1) is 0 Å². The maximum absolute atomic E-state index is 12.2. The summed E-state index contributed by atoms with van der Waals surface area (Å²) in [6, 6.07) is 5.37. The molecular formula is C12H14BrNO2S. The van der Waals surface area contributed by atoms with Crippen LogP contribution < -0.4 is 5.32 Å². The normalized spacial score (nSPS) is 16.7. The SMILES string of the molecule is CNCCCC1=Cc2ccc(Br)cc2S1(=O)=O. The van der Waals surface area contributed by atoms with E-state index < -0.39 is 9.84 Å². The second-order valence-electron chi connectivity index (χ2n) is 4.00. The third-order valence-electron chi connectivity index (χ3n) is 2.78. The Kier molecular flexibility index (Phi) is 3.70. The van der Waals surface area contributed by atoms with Crippen molar-refractivity contribution in [3.05, 3.63) is 33.1 Å². The van der Waals surface area contributed by atoms with E-state index in [1.165, 1.54) is 0 Å². The van der Waals surface area contributed by atoms with Crippen molar-refractivity contribution >= 4 is 31.8 Å². The van der Waals surface area contributed by atoms with Crippen LogP contribution in [0.1, 0.15) is 18.4 Å². The van der Waals surface area contributed by atoms with Gasteiger partial charge in [-0.1, -0.05) is 22.0 Å². The molecule has 0 amide bonds. The molecule has 1 aliphatic heterocycles. The maximum atomic E-state index is 12.2. The monoisotopic (exact) mass is 315 g/mol. The van der Waals surface area contributed by atoms with Crippen molar-refractivity contribution in [2.75, 3.05) is 13.6 Å². The van der Waals surface area contributed by atoms with Crippen molar-refractivity contribution in [1.82, 2.24) is 5.32 Å². The highest BCUT2D eigenvalue weighted by molar-refractivity contribution is 9.10. The van der Waals surface area contributed by atoms with Gasteiger partial charge in [-0.3, -0.25) is 0 Å². The molecule has 0 aliphatic carbocycles. The van der Waals surface area contributed by atoms with E-state index in [1.807, 2.05) is 19.2 Å². The molecule has 0 saturated heterocycles. The smallest absolute Gasteiger partial charge is 0.203 e. The molecule has 1 heterocycles. The summed E-state index contributed by atoms with van der Waals surface area (Å²) in [6.45, 7) is 0.826. The minimum atomic E-state index is -3.25. The number of nitrogens with one attached hydrogen (secondary N) is 1. The minimum Gasteiger partial charge on any atom is -0.320 e. The van der Waals surface area contributed by atoms with Gasteiger partial charge in [0.05, 0.1) is 4.90 Å². The number of sulfone groups is 1. The van der Waals surface area contributed by atoms with Crippen LogP contribution in [0.15, 0.2) is 32.5 Å². The van der Waals surface area contributed by atoms with Crippen LogP contribution in [-0.4, -0.2) is 22.0 Å². The van der Waals surface area contributed by atoms with Gasteiger partial charge in [-0.05, 0) is 50.2 Å². The van der Waals surface area contributed by atoms with Crippen LogP contribution in [0.25, 0.3) is 6.08 Å². The topological polar surface area (TPSA) is 46.2 Å². The summed E-state index contributed by atoms with van der Waals surface area (Å²) in [6.07, 6.45) is 3.21. The van der Waals surface area contributed by atoms with E-state index in [4.69, 9.17) is 0 Å². The summed E-state index contributed by atoms with van der Waals surface area (Å²) in [5.41, 5.74) is 0.799. The summed E-state index contributed by atoms with van der Waals surface area (Å²) in [4.78, 5) is 0.951. The molecule has 2 rings (SSSR count). The van der Waals surface area contributed by atoms with Crippen LogP contribution in [0.3, 0.4) is 0 Å². The fourth-order valence-corrected chi connectivity index (χ4v) is 4.11. The Morgan fingerprint density at radius 3 is 2.82 bits per heavy atom. The Morgan fingerprint density at radius 2 is 2.12 bits per heavy atom. The van der Waals surface area contributed by atoms with Gasteiger partial charge < -0.3 is 5.32 Å². The Balaban J connectivity index is 2.30. The number of halogens is 1. The summed E-state index contributed by atoms with van der Waals surface area (Å²) < 4.78 is 25.2. The van der Waals surface area contributed by atoms with Gasteiger partial charge in [0.2, 0.25) is 9.84 Å². The first-order chi connectivity index (χ1) is 8.05. The third-order valence-corrected chi connectivity index (χ3v) is 5.21. The van der Waals surface area contributed by atoms with Crippen LogP contribution in [0.4, 0.5) is 0 Å². The van der Waals surface area contributed by atoms with Gasteiger partial charge >= 0.3 is 0 Å². The van der Waals surface area contributed by atoms with E-state index in [0.717, 1.165) is 23.0 Å². The molecule has 5 heteroatoms. The molecule has 92 valence electrons. The summed E-state index contributed by atoms with van der Waals surface area (Å²) in [7, 11) is -1.38. The van der Waals surface area contributed by atoms with E-state index in [9.17, 15) is 8.42 Å². The van der Waals surface area contributed by atoms with Crippen LogP contribution >= 0.6 is 15.9 Å². The van der Waals surface area contributed by atoms with E-state index in [0.29, 0.717) is 16.2 Å². The predicted octanol–water partition coefficient (Wildman–Crippen LogP) is 2.58. The minimum absolute atomic E-state index is 0.423. The molecule has 0 atom stereocenters. The van der Waals surface area contributed by atoms with Crippen LogP contribution in [0.2, 0.25) is 0 Å². The lowest BCUT2D eigenvalue weighted by Crippen LogP contribution is -2.09. The molecule has 1 N–H and O–H groups in total. The van der Waals surface area contributed by atoms with E-state index in [-0.39, 0.29) is 0 Å². The summed E-state index contributed by atoms with van der Waals surface area (Å²) in [5, 5.41) is 3.02. The molecule has 0 aromatic heterocycles. The van der Waals surface area contributed by atoms with Gasteiger partial charge in [0.1, 0.15) is 0 Å². The zero-order valence-corrected chi connectivity index (χ0v) is 11.9. The van der Waals surface area contributed by atoms with Crippen LogP contribution in [0.5, 0.6) is 0 Å². The molecule has 1 aliphatic rings. The van der Waals surface area contributed by atoms with Crippen molar-refractivity contribution in [1.29, 1.82) is 0 Å². The molecular weight excluding hydrogens is 302 g/mol. The van der Waals surface area contributed by atoms with Gasteiger partial charge in [0.25, 0.3) is 0 Å². The lowest BCUT2D eigenvalue weighted by atomic mass is 10.2. The number of hydrogen-bond donors (Lipinski definition) is 1. The zero-order chi connectivity index (χ0) is 12.5. The van der Waals surface area contributed by atoms with Crippen molar-refractivity contribution in [3.8, 4) is 0 Å². The molecule has 0 radical (unpaired) electrons. The molecule has 1 aromatic rings. The van der Waals surface area contributed by atoms with Crippen molar-refractivity contribution < 1.29 is 8.42 Å². The highest BCUT2D eigenvalue weighted by Crippen LogP contribution is 2.36. The standard InChI is InChI=1S/C12H14BrNO2S/c1-14-6-2-3-11-7-9-4-5-10(13)8-12(9)17(11,15)16/h4-5,7-8,14H,2-3,6H2,1H3. The number of benzene rings is 1. The second-order valence-corrected chi connectivity index (χ2v) is 6.89. The van der Waals surface area contributed by atoms with E-state index in [2.05, 4.69) is 21.2 Å². The molecule has 0 bridgehead atoms. The number of allylic oxidation sites excluding steroid dienone is 1. The van der Waals surface area contributed by atoms with Crippen molar-refractivity contribution in [3.63, 3.8) is 0 Å². The second kappa shape index (κ2) is 4.92. The quantitative estimate of drug-likeness (QED) is 0.869. The first-order valence-electron chi connectivity index (χ1n) is 5.45. The maximum Gasteiger partial charge on any atom is 0.203 e. The first-order valence-corrected chi connectivity index (χ1v) is 7.73. The number of rotatable bonds is 4. The summed E-state index contributed by atoms with van der Waals surface area (Å²) in [5.74, 6) is 0. The lowest BCUT2D eigenvalue weighted by Gasteiger charge is -2.03. The molecule has 3 nitrogen and oxygen atoms in total. The van der Waals surface area contributed by atoms with Gasteiger partial charge in [0.15, 0.2) is 0 Å². The average molecular weight is 316 g/mol. The number of fused-ring (bicyclic) bond motifs is 1. The first kappa shape index (κ1) is 12.8. The Bertz CT molecular complexity index is 564. The van der Waals surface area contributed by atoms with E-state index in [1.54, 1.807) is 12.1 Å². The molecule has 0 fully saturated rings. The molecule has 0 unspecified atom stereocenters. The van der Waals surface area contributed by atoms with Gasteiger partial charge in [-0.25, -0.2) is 8.42 Å². The fourth-order valence-electron chi connectivity index (χ4n) is 1.90. The highest BCUT2D eigenvalue weighted by atomic mass is 79.9. The van der Waals surface area contributed by atoms with Gasteiger partial charge in [-0.2, -0.15) is 0 Å². The van der Waals surface area contributed by atoms with Crippen LogP contribution in [0, 0.1) is 0 Å². The predicted molar refractivity (Wildman–Crippen MR) is 72.5 cm³/mol. The largest absolute Gasteiger partial charge is 0.320 e. The lowest BCUT2D eigenvalue weighted by molar-refractivity contribution is 0.600. The Hall–Kier alpha value is -0.650. The molecule has 17 heavy (non-hydrogen) atoms. The average Bonchev–Trinajstić information content (AvgIpc) is 2.52. The highest BCUT2D eigenvalue weighted by Gasteiger charge is 2.28. The van der Waals surface area contributed by atoms with Crippen molar-refractivity contribution in [2.45, 2.75) is 17.7 Å². The van der Waals surface area contributed by atoms with E-state index >= 15 is 0 Å². The van der Waals surface area contributed by atoms with Gasteiger partial charge in [0, 0.05) is 9.38 Å².